The first-order chi connectivity index (χ1) is 17.6. The van der Waals surface area contributed by atoms with E-state index in [9.17, 15) is 0 Å². The highest BCUT2D eigenvalue weighted by molar-refractivity contribution is 7.80. The Balaban J connectivity index is 1.21. The number of hydrogen-bond acceptors (Lipinski definition) is 6. The van der Waals surface area contributed by atoms with Crippen LogP contribution in [0.4, 0.5) is 11.4 Å². The molecule has 1 saturated heterocycles. The van der Waals surface area contributed by atoms with Gasteiger partial charge in [0, 0.05) is 39.3 Å². The van der Waals surface area contributed by atoms with Crippen LogP contribution in [-0.4, -0.2) is 86.6 Å². The van der Waals surface area contributed by atoms with Crippen LogP contribution in [0.15, 0.2) is 48.5 Å². The molecule has 0 unspecified atom stereocenters. The minimum Gasteiger partial charge on any atom is -0.495 e. The van der Waals surface area contributed by atoms with Gasteiger partial charge in [-0.1, -0.05) is 24.3 Å². The van der Waals surface area contributed by atoms with Crippen LogP contribution in [0.1, 0.15) is 12.8 Å². The van der Waals surface area contributed by atoms with Crippen LogP contribution in [-0.2, 0) is 0 Å². The second-order valence-corrected chi connectivity index (χ2v) is 9.37. The van der Waals surface area contributed by atoms with Crippen LogP contribution < -0.4 is 30.7 Å². The van der Waals surface area contributed by atoms with E-state index >= 15 is 0 Å². The lowest BCUT2D eigenvalue weighted by atomic mass is 10.2. The van der Waals surface area contributed by atoms with E-state index in [-0.39, 0.29) is 0 Å². The molecule has 1 fully saturated rings. The molecule has 3 rings (SSSR count). The van der Waals surface area contributed by atoms with Gasteiger partial charge in [0.15, 0.2) is 10.2 Å². The molecule has 0 atom stereocenters. The molecule has 2 aromatic rings. The normalized spacial score (nSPS) is 14.1. The first kappa shape index (κ1) is 27.9. The molecule has 10 heteroatoms. The zero-order valence-electron chi connectivity index (χ0n) is 21.2. The number of hydrogen-bond donors (Lipinski definition) is 4. The van der Waals surface area contributed by atoms with Crippen LogP contribution in [0.3, 0.4) is 0 Å². The Hall–Kier alpha value is -2.66. The van der Waals surface area contributed by atoms with E-state index in [0.29, 0.717) is 10.2 Å². The standard InChI is InChI=1S/C26H38N6O2S2/c1-33-23-11-5-3-9-21(23)29-25(35)27-13-7-15-31-17-19-32(20-18-31)16-8-14-28-26(36)30-22-10-4-6-12-24(22)34-2/h3-6,9-12H,7-8,13-20H2,1-2H3,(H2,27,29,35)(H2,28,30,36). The van der Waals surface area contributed by atoms with Gasteiger partial charge in [0.25, 0.3) is 0 Å². The van der Waals surface area contributed by atoms with E-state index in [2.05, 4.69) is 31.1 Å². The minimum atomic E-state index is 0.621. The second kappa shape index (κ2) is 15.5. The van der Waals surface area contributed by atoms with Gasteiger partial charge < -0.3 is 40.5 Å². The molecule has 4 N–H and O–H groups in total. The van der Waals surface area contributed by atoms with Crippen LogP contribution in [0.5, 0.6) is 11.5 Å². The van der Waals surface area contributed by atoms with Crippen LogP contribution >= 0.6 is 24.4 Å². The van der Waals surface area contributed by atoms with Crippen molar-refractivity contribution in [3.05, 3.63) is 48.5 Å². The predicted octanol–water partition coefficient (Wildman–Crippen LogP) is 3.37. The molecular formula is C26H38N6O2S2. The van der Waals surface area contributed by atoms with E-state index in [1.54, 1.807) is 14.2 Å². The van der Waals surface area contributed by atoms with Crippen LogP contribution in [0.25, 0.3) is 0 Å². The molecule has 8 nitrogen and oxygen atoms in total. The van der Waals surface area contributed by atoms with Crippen molar-refractivity contribution in [3.8, 4) is 11.5 Å². The third-order valence-electron chi connectivity index (χ3n) is 6.05. The summed E-state index contributed by atoms with van der Waals surface area (Å²) in [5, 5.41) is 14.2. The summed E-state index contributed by atoms with van der Waals surface area (Å²) in [5.74, 6) is 1.56. The topological polar surface area (TPSA) is 73.1 Å². The van der Waals surface area contributed by atoms with Crippen molar-refractivity contribution in [2.45, 2.75) is 12.8 Å². The second-order valence-electron chi connectivity index (χ2n) is 8.55. The number of anilines is 2. The van der Waals surface area contributed by atoms with Gasteiger partial charge in [-0.15, -0.1) is 0 Å². The maximum absolute atomic E-state index is 5.42. The Morgan fingerprint density at radius 2 is 1.08 bits per heavy atom. The maximum atomic E-state index is 5.42. The number of nitrogens with zero attached hydrogens (tertiary/aromatic N) is 2. The summed E-state index contributed by atoms with van der Waals surface area (Å²) in [4.78, 5) is 5.05. The largest absolute Gasteiger partial charge is 0.495 e. The average molecular weight is 531 g/mol. The van der Waals surface area contributed by atoms with E-state index in [0.717, 1.165) is 88.1 Å². The molecule has 0 radical (unpaired) electrons. The smallest absolute Gasteiger partial charge is 0.170 e. The average Bonchev–Trinajstić information content (AvgIpc) is 2.90. The summed E-state index contributed by atoms with van der Waals surface area (Å²) in [6, 6.07) is 15.5. The summed E-state index contributed by atoms with van der Waals surface area (Å²) in [6.45, 7) is 8.24. The van der Waals surface area contributed by atoms with Crippen molar-refractivity contribution < 1.29 is 9.47 Å². The third-order valence-corrected chi connectivity index (χ3v) is 6.54. The van der Waals surface area contributed by atoms with Crippen molar-refractivity contribution in [3.63, 3.8) is 0 Å². The van der Waals surface area contributed by atoms with Crippen LogP contribution in [0.2, 0.25) is 0 Å². The molecule has 1 aliphatic rings. The number of rotatable bonds is 12. The number of ether oxygens (including phenoxy) is 2. The summed E-state index contributed by atoms with van der Waals surface area (Å²) < 4.78 is 10.7. The van der Waals surface area contributed by atoms with Crippen LogP contribution in [0, 0.1) is 0 Å². The van der Waals surface area contributed by atoms with Gasteiger partial charge in [0.1, 0.15) is 11.5 Å². The number of nitrogens with one attached hydrogen (secondary N) is 4. The van der Waals surface area contributed by atoms with E-state index in [1.165, 1.54) is 0 Å². The number of benzene rings is 2. The monoisotopic (exact) mass is 530 g/mol. The summed E-state index contributed by atoms with van der Waals surface area (Å²) in [6.07, 6.45) is 2.10. The summed E-state index contributed by atoms with van der Waals surface area (Å²) >= 11 is 10.8. The number of para-hydroxylation sites is 4. The Morgan fingerprint density at radius 1 is 0.694 bits per heavy atom. The van der Waals surface area contributed by atoms with E-state index < -0.39 is 0 Å². The van der Waals surface area contributed by atoms with Crippen molar-refractivity contribution in [2.24, 2.45) is 0 Å². The molecule has 196 valence electrons. The van der Waals surface area contributed by atoms with Gasteiger partial charge in [0.05, 0.1) is 25.6 Å². The third kappa shape index (κ3) is 9.42. The highest BCUT2D eigenvalue weighted by Gasteiger charge is 2.16. The Morgan fingerprint density at radius 3 is 1.47 bits per heavy atom. The minimum absolute atomic E-state index is 0.621. The fraction of sp³-hybridized carbons (Fsp3) is 0.462. The molecule has 1 aliphatic heterocycles. The van der Waals surface area contributed by atoms with Gasteiger partial charge in [-0.3, -0.25) is 0 Å². The quantitative estimate of drug-likeness (QED) is 0.243. The van der Waals surface area contributed by atoms with Crippen molar-refractivity contribution in [1.29, 1.82) is 0 Å². The lowest BCUT2D eigenvalue weighted by Crippen LogP contribution is -2.47. The Kier molecular flexibility index (Phi) is 12.0. The molecule has 0 aromatic heterocycles. The van der Waals surface area contributed by atoms with E-state index in [1.807, 2.05) is 48.5 Å². The highest BCUT2D eigenvalue weighted by Crippen LogP contribution is 2.23. The molecular weight excluding hydrogens is 492 g/mol. The fourth-order valence-electron chi connectivity index (χ4n) is 4.07. The molecule has 0 spiro atoms. The summed E-state index contributed by atoms with van der Waals surface area (Å²) in [7, 11) is 3.32. The molecule has 1 heterocycles. The number of piperazine rings is 1. The molecule has 0 amide bonds. The van der Waals surface area contributed by atoms with Gasteiger partial charge in [-0.05, 0) is 74.6 Å². The van der Waals surface area contributed by atoms with Gasteiger partial charge in [-0.25, -0.2) is 0 Å². The van der Waals surface area contributed by atoms with Crippen molar-refractivity contribution in [1.82, 2.24) is 20.4 Å². The fourth-order valence-corrected chi connectivity index (χ4v) is 4.50. The molecule has 0 aliphatic carbocycles. The zero-order valence-corrected chi connectivity index (χ0v) is 22.9. The first-order valence-electron chi connectivity index (χ1n) is 12.4. The van der Waals surface area contributed by atoms with Crippen molar-refractivity contribution in [2.75, 3.05) is 77.2 Å². The molecule has 2 aromatic carbocycles. The molecule has 0 saturated carbocycles. The first-order valence-corrected chi connectivity index (χ1v) is 13.2. The number of methoxy groups -OCH3 is 2. The predicted molar refractivity (Wildman–Crippen MR) is 157 cm³/mol. The lowest BCUT2D eigenvalue weighted by Gasteiger charge is -2.34. The summed E-state index contributed by atoms with van der Waals surface area (Å²) in [5.41, 5.74) is 1.75. The van der Waals surface area contributed by atoms with Gasteiger partial charge >= 0.3 is 0 Å². The SMILES string of the molecule is COc1ccccc1NC(=S)NCCCN1CCN(CCCNC(=S)Nc2ccccc2OC)CC1. The lowest BCUT2D eigenvalue weighted by molar-refractivity contribution is 0.131. The van der Waals surface area contributed by atoms with Gasteiger partial charge in [0.2, 0.25) is 0 Å². The number of thiocarbonyl (C=S) groups is 2. The maximum Gasteiger partial charge on any atom is 0.170 e. The van der Waals surface area contributed by atoms with Crippen molar-refractivity contribution >= 4 is 46.0 Å². The zero-order chi connectivity index (χ0) is 25.6. The van der Waals surface area contributed by atoms with Gasteiger partial charge in [-0.2, -0.15) is 0 Å². The van der Waals surface area contributed by atoms with E-state index in [4.69, 9.17) is 33.9 Å². The molecule has 36 heavy (non-hydrogen) atoms. The highest BCUT2D eigenvalue weighted by atomic mass is 32.1. The Bertz CT molecular complexity index is 891. The Labute approximate surface area is 225 Å². The molecule has 0 bridgehead atoms.